The molecule has 1 unspecified atom stereocenters. The van der Waals surface area contributed by atoms with Crippen molar-refractivity contribution in [1.29, 1.82) is 0 Å². The molecule has 19 heavy (non-hydrogen) atoms. The minimum atomic E-state index is 0.160. The molecule has 0 aromatic heterocycles. The Kier molecular flexibility index (Phi) is 4.87. The first-order chi connectivity index (χ1) is 9.11. The van der Waals surface area contributed by atoms with E-state index in [4.69, 9.17) is 23.2 Å². The summed E-state index contributed by atoms with van der Waals surface area (Å²) in [4.78, 5) is 0. The number of benzene rings is 2. The molecular formula is C16H17Cl2N. The van der Waals surface area contributed by atoms with E-state index in [1.54, 1.807) is 0 Å². The molecule has 2 rings (SSSR count). The van der Waals surface area contributed by atoms with Gasteiger partial charge in [-0.1, -0.05) is 65.2 Å². The van der Waals surface area contributed by atoms with Crippen LogP contribution in [0.4, 0.5) is 0 Å². The third-order valence-electron chi connectivity index (χ3n) is 3.23. The van der Waals surface area contributed by atoms with Gasteiger partial charge in [-0.05, 0) is 37.6 Å². The van der Waals surface area contributed by atoms with Crippen LogP contribution in [0.25, 0.3) is 0 Å². The molecule has 2 aromatic carbocycles. The van der Waals surface area contributed by atoms with Gasteiger partial charge >= 0.3 is 0 Å². The molecule has 0 saturated carbocycles. The van der Waals surface area contributed by atoms with Crippen molar-refractivity contribution in [3.8, 4) is 0 Å². The SMILES string of the molecule is CNC(Cc1cccc(C)c1)c1cccc(Cl)c1Cl. The summed E-state index contributed by atoms with van der Waals surface area (Å²) in [6, 6.07) is 14.4. The maximum Gasteiger partial charge on any atom is 0.0640 e. The number of rotatable bonds is 4. The zero-order valence-electron chi connectivity index (χ0n) is 11.1. The molecule has 0 heterocycles. The highest BCUT2D eigenvalue weighted by Crippen LogP contribution is 2.31. The highest BCUT2D eigenvalue weighted by Gasteiger charge is 2.15. The molecule has 0 fully saturated rings. The molecule has 0 bridgehead atoms. The number of likely N-dealkylation sites (N-methyl/N-ethyl adjacent to an activating group) is 1. The van der Waals surface area contributed by atoms with Gasteiger partial charge < -0.3 is 5.32 Å². The largest absolute Gasteiger partial charge is 0.313 e. The van der Waals surface area contributed by atoms with Crippen molar-refractivity contribution in [2.75, 3.05) is 7.05 Å². The van der Waals surface area contributed by atoms with Gasteiger partial charge in [0.15, 0.2) is 0 Å². The summed E-state index contributed by atoms with van der Waals surface area (Å²) in [6.07, 6.45) is 0.887. The van der Waals surface area contributed by atoms with E-state index in [-0.39, 0.29) is 6.04 Å². The summed E-state index contributed by atoms with van der Waals surface area (Å²) in [7, 11) is 1.94. The molecule has 0 amide bonds. The Morgan fingerprint density at radius 2 is 1.84 bits per heavy atom. The van der Waals surface area contributed by atoms with E-state index < -0.39 is 0 Å². The minimum absolute atomic E-state index is 0.160. The van der Waals surface area contributed by atoms with Gasteiger partial charge in [0.1, 0.15) is 0 Å². The van der Waals surface area contributed by atoms with Crippen molar-refractivity contribution in [2.45, 2.75) is 19.4 Å². The summed E-state index contributed by atoms with van der Waals surface area (Å²) in [6.45, 7) is 2.10. The molecule has 0 radical (unpaired) electrons. The first kappa shape index (κ1) is 14.4. The standard InChI is InChI=1S/C16H17Cl2N/c1-11-5-3-6-12(9-11)10-15(19-2)13-7-4-8-14(17)16(13)18/h3-9,15,19H,10H2,1-2H3. The van der Waals surface area contributed by atoms with Gasteiger partial charge in [0.25, 0.3) is 0 Å². The lowest BCUT2D eigenvalue weighted by Gasteiger charge is -2.19. The second-order valence-corrected chi connectivity index (χ2v) is 5.46. The zero-order chi connectivity index (χ0) is 13.8. The van der Waals surface area contributed by atoms with Crippen LogP contribution in [-0.2, 0) is 6.42 Å². The smallest absolute Gasteiger partial charge is 0.0640 e. The first-order valence-electron chi connectivity index (χ1n) is 6.28. The van der Waals surface area contributed by atoms with Crippen molar-refractivity contribution < 1.29 is 0 Å². The molecule has 0 aliphatic carbocycles. The highest BCUT2D eigenvalue weighted by atomic mass is 35.5. The maximum absolute atomic E-state index is 6.29. The third kappa shape index (κ3) is 3.50. The van der Waals surface area contributed by atoms with Gasteiger partial charge in [-0.2, -0.15) is 0 Å². The topological polar surface area (TPSA) is 12.0 Å². The van der Waals surface area contributed by atoms with Gasteiger partial charge in [-0.15, -0.1) is 0 Å². The van der Waals surface area contributed by atoms with Crippen molar-refractivity contribution in [3.05, 3.63) is 69.2 Å². The van der Waals surface area contributed by atoms with E-state index in [1.807, 2.05) is 25.2 Å². The number of aryl methyl sites for hydroxylation is 1. The summed E-state index contributed by atoms with van der Waals surface area (Å²) < 4.78 is 0. The second-order valence-electron chi connectivity index (χ2n) is 4.68. The number of nitrogens with one attached hydrogen (secondary N) is 1. The fraction of sp³-hybridized carbons (Fsp3) is 0.250. The molecule has 0 spiro atoms. The van der Waals surface area contributed by atoms with Crippen LogP contribution in [0.3, 0.4) is 0 Å². The fourth-order valence-electron chi connectivity index (χ4n) is 2.23. The Labute approximate surface area is 124 Å². The zero-order valence-corrected chi connectivity index (χ0v) is 12.6. The molecule has 3 heteroatoms. The first-order valence-corrected chi connectivity index (χ1v) is 7.04. The maximum atomic E-state index is 6.29. The van der Waals surface area contributed by atoms with Gasteiger partial charge in [-0.25, -0.2) is 0 Å². The molecule has 0 saturated heterocycles. The van der Waals surface area contributed by atoms with E-state index in [0.717, 1.165) is 12.0 Å². The van der Waals surface area contributed by atoms with E-state index in [9.17, 15) is 0 Å². The molecule has 2 aromatic rings. The van der Waals surface area contributed by atoms with Gasteiger partial charge in [0.2, 0.25) is 0 Å². The molecule has 1 nitrogen and oxygen atoms in total. The van der Waals surface area contributed by atoms with Crippen molar-refractivity contribution in [1.82, 2.24) is 5.32 Å². The Balaban J connectivity index is 2.28. The summed E-state index contributed by atoms with van der Waals surface area (Å²) >= 11 is 12.4. The van der Waals surface area contributed by atoms with E-state index >= 15 is 0 Å². The predicted molar refractivity (Wildman–Crippen MR) is 83.1 cm³/mol. The Hall–Kier alpha value is -1.02. The van der Waals surface area contributed by atoms with Crippen LogP contribution >= 0.6 is 23.2 Å². The van der Waals surface area contributed by atoms with Crippen LogP contribution in [-0.4, -0.2) is 7.05 Å². The Morgan fingerprint density at radius 3 is 2.53 bits per heavy atom. The normalized spacial score (nSPS) is 12.4. The monoisotopic (exact) mass is 293 g/mol. The summed E-state index contributed by atoms with van der Waals surface area (Å²) in [5.74, 6) is 0. The van der Waals surface area contributed by atoms with Crippen LogP contribution in [0.1, 0.15) is 22.7 Å². The summed E-state index contributed by atoms with van der Waals surface area (Å²) in [5.41, 5.74) is 3.60. The van der Waals surface area contributed by atoms with E-state index in [1.165, 1.54) is 11.1 Å². The average molecular weight is 294 g/mol. The molecule has 100 valence electrons. The van der Waals surface area contributed by atoms with Crippen LogP contribution in [0, 0.1) is 6.92 Å². The van der Waals surface area contributed by atoms with E-state index in [0.29, 0.717) is 10.0 Å². The van der Waals surface area contributed by atoms with Crippen LogP contribution in [0.5, 0.6) is 0 Å². The molecule has 0 aliphatic heterocycles. The quantitative estimate of drug-likeness (QED) is 0.853. The lowest BCUT2D eigenvalue weighted by atomic mass is 9.98. The Morgan fingerprint density at radius 1 is 1.11 bits per heavy atom. The fourth-order valence-corrected chi connectivity index (χ4v) is 2.67. The average Bonchev–Trinajstić information content (AvgIpc) is 2.40. The Bertz CT molecular complexity index is 566. The third-order valence-corrected chi connectivity index (χ3v) is 4.06. The molecule has 1 N–H and O–H groups in total. The van der Waals surface area contributed by atoms with Crippen molar-refractivity contribution in [2.24, 2.45) is 0 Å². The number of hydrogen-bond acceptors (Lipinski definition) is 1. The minimum Gasteiger partial charge on any atom is -0.313 e. The predicted octanol–water partition coefficient (Wildman–Crippen LogP) is 4.81. The van der Waals surface area contributed by atoms with E-state index in [2.05, 4.69) is 36.5 Å². The lowest BCUT2D eigenvalue weighted by Crippen LogP contribution is -2.19. The molecular weight excluding hydrogens is 277 g/mol. The van der Waals surface area contributed by atoms with Gasteiger partial charge in [-0.3, -0.25) is 0 Å². The van der Waals surface area contributed by atoms with Crippen molar-refractivity contribution >= 4 is 23.2 Å². The lowest BCUT2D eigenvalue weighted by molar-refractivity contribution is 0.592. The number of hydrogen-bond donors (Lipinski definition) is 1. The van der Waals surface area contributed by atoms with Crippen LogP contribution in [0.15, 0.2) is 42.5 Å². The van der Waals surface area contributed by atoms with Gasteiger partial charge in [0.05, 0.1) is 10.0 Å². The molecule has 1 atom stereocenters. The van der Waals surface area contributed by atoms with Crippen LogP contribution < -0.4 is 5.32 Å². The number of halogens is 2. The van der Waals surface area contributed by atoms with Crippen LogP contribution in [0.2, 0.25) is 10.0 Å². The van der Waals surface area contributed by atoms with Gasteiger partial charge in [0, 0.05) is 6.04 Å². The summed E-state index contributed by atoms with van der Waals surface area (Å²) in [5, 5.41) is 4.55. The second kappa shape index (κ2) is 6.42. The molecule has 0 aliphatic rings. The highest BCUT2D eigenvalue weighted by molar-refractivity contribution is 6.42. The van der Waals surface area contributed by atoms with Crippen molar-refractivity contribution in [3.63, 3.8) is 0 Å².